The van der Waals surface area contributed by atoms with Gasteiger partial charge in [0.1, 0.15) is 6.61 Å². The van der Waals surface area contributed by atoms with Crippen LogP contribution in [0.1, 0.15) is 52.0 Å². The Morgan fingerprint density at radius 2 is 1.88 bits per heavy atom. The number of hydrogen-bond acceptors (Lipinski definition) is 5. The lowest BCUT2D eigenvalue weighted by Crippen LogP contribution is -2.55. The Bertz CT molecular complexity index is 663. The van der Waals surface area contributed by atoms with Crippen LogP contribution in [0.5, 0.6) is 5.75 Å². The molecular formula is C19H32ClN3O2Si. The average molecular weight is 398 g/mol. The lowest BCUT2D eigenvalue weighted by Gasteiger charge is -2.47. The number of hydrogen-bond donors (Lipinski definition) is 0. The van der Waals surface area contributed by atoms with Gasteiger partial charge in [0.05, 0.1) is 18.7 Å². The summed E-state index contributed by atoms with van der Waals surface area (Å²) in [6.07, 6.45) is 4.95. The van der Waals surface area contributed by atoms with Gasteiger partial charge in [-0.05, 0) is 37.9 Å². The summed E-state index contributed by atoms with van der Waals surface area (Å²) in [5.74, 6) is 1.61. The second-order valence-electron chi connectivity index (χ2n) is 9.08. The highest BCUT2D eigenvalue weighted by Crippen LogP contribution is 2.42. The molecule has 0 amide bonds. The zero-order chi connectivity index (χ0) is 19.1. The van der Waals surface area contributed by atoms with E-state index >= 15 is 0 Å². The minimum atomic E-state index is -1.82. The fourth-order valence-electron chi connectivity index (χ4n) is 3.64. The van der Waals surface area contributed by atoms with Crippen molar-refractivity contribution in [2.24, 2.45) is 0 Å². The predicted molar refractivity (Wildman–Crippen MR) is 109 cm³/mol. The first-order valence-electron chi connectivity index (χ1n) is 9.72. The molecule has 26 heavy (non-hydrogen) atoms. The quantitative estimate of drug-likeness (QED) is 0.674. The Kier molecular flexibility index (Phi) is 5.57. The van der Waals surface area contributed by atoms with E-state index in [9.17, 15) is 0 Å². The molecule has 0 N–H and O–H groups in total. The molecule has 2 heterocycles. The molecule has 1 unspecified atom stereocenters. The molecule has 0 saturated heterocycles. The normalized spacial score (nSPS) is 24.2. The lowest BCUT2D eigenvalue weighted by atomic mass is 9.91. The van der Waals surface area contributed by atoms with E-state index in [2.05, 4.69) is 49.0 Å². The molecule has 2 aliphatic rings. The summed E-state index contributed by atoms with van der Waals surface area (Å²) in [6, 6.07) is 0.329. The molecule has 1 aromatic rings. The molecule has 1 aliphatic heterocycles. The molecule has 1 aromatic heterocycles. The Morgan fingerprint density at radius 3 is 2.58 bits per heavy atom. The average Bonchev–Trinajstić information content (AvgIpc) is 2.57. The third-order valence-corrected chi connectivity index (χ3v) is 11.1. The molecule has 146 valence electrons. The van der Waals surface area contributed by atoms with Crippen molar-refractivity contribution in [3.8, 4) is 5.75 Å². The van der Waals surface area contributed by atoms with E-state index in [-0.39, 0.29) is 11.1 Å². The van der Waals surface area contributed by atoms with Gasteiger partial charge in [0, 0.05) is 5.56 Å². The molecule has 2 atom stereocenters. The van der Waals surface area contributed by atoms with E-state index in [1.54, 1.807) is 0 Å². The van der Waals surface area contributed by atoms with Gasteiger partial charge < -0.3 is 14.1 Å². The number of halogens is 1. The maximum atomic E-state index is 6.86. The van der Waals surface area contributed by atoms with Crippen LogP contribution in [0.3, 0.4) is 0 Å². The van der Waals surface area contributed by atoms with Crippen molar-refractivity contribution in [3.63, 3.8) is 0 Å². The first kappa shape index (κ1) is 19.9. The fourth-order valence-corrected chi connectivity index (χ4v) is 5.14. The van der Waals surface area contributed by atoms with Gasteiger partial charge >= 0.3 is 0 Å². The summed E-state index contributed by atoms with van der Waals surface area (Å²) < 4.78 is 12.7. The van der Waals surface area contributed by atoms with Crippen molar-refractivity contribution in [2.75, 3.05) is 18.1 Å². The molecule has 0 aromatic carbocycles. The first-order valence-corrected chi connectivity index (χ1v) is 13.0. The van der Waals surface area contributed by atoms with Crippen molar-refractivity contribution < 1.29 is 9.16 Å². The van der Waals surface area contributed by atoms with Crippen LogP contribution in [0.25, 0.3) is 0 Å². The summed E-state index contributed by atoms with van der Waals surface area (Å²) in [5, 5.41) is 9.16. The second-order valence-corrected chi connectivity index (χ2v) is 14.2. The highest BCUT2D eigenvalue weighted by Gasteiger charge is 2.43. The van der Waals surface area contributed by atoms with Crippen LogP contribution in [0.2, 0.25) is 23.3 Å². The lowest BCUT2D eigenvalue weighted by molar-refractivity contribution is 0.108. The summed E-state index contributed by atoms with van der Waals surface area (Å²) >= 11 is 6.15. The van der Waals surface area contributed by atoms with Crippen LogP contribution in [0.4, 0.5) is 5.82 Å². The molecule has 0 radical (unpaired) electrons. The second kappa shape index (κ2) is 7.28. The van der Waals surface area contributed by atoms with Gasteiger partial charge in [0.15, 0.2) is 25.0 Å². The SMILES string of the molecule is Cc1c(Cl)nnc2c1OCCN2[C@@H]1CCCCC1O[Si](C)(C)C(C)(C)C. The highest BCUT2D eigenvalue weighted by molar-refractivity contribution is 6.74. The van der Waals surface area contributed by atoms with E-state index in [1.165, 1.54) is 12.8 Å². The number of ether oxygens (including phenoxy) is 1. The number of nitrogens with zero attached hydrogens (tertiary/aromatic N) is 3. The van der Waals surface area contributed by atoms with Gasteiger partial charge in [-0.3, -0.25) is 0 Å². The summed E-state index contributed by atoms with van der Waals surface area (Å²) in [4.78, 5) is 2.37. The van der Waals surface area contributed by atoms with Gasteiger partial charge in [-0.1, -0.05) is 45.2 Å². The van der Waals surface area contributed by atoms with E-state index in [1.807, 2.05) is 6.92 Å². The van der Waals surface area contributed by atoms with Gasteiger partial charge in [-0.15, -0.1) is 10.2 Å². The van der Waals surface area contributed by atoms with Crippen molar-refractivity contribution in [1.29, 1.82) is 0 Å². The van der Waals surface area contributed by atoms with Gasteiger partial charge in [0.2, 0.25) is 0 Å². The fraction of sp³-hybridized carbons (Fsp3) is 0.789. The zero-order valence-corrected chi connectivity index (χ0v) is 18.7. The van der Waals surface area contributed by atoms with Crippen molar-refractivity contribution in [1.82, 2.24) is 10.2 Å². The van der Waals surface area contributed by atoms with E-state index in [4.69, 9.17) is 20.8 Å². The van der Waals surface area contributed by atoms with Crippen LogP contribution >= 0.6 is 11.6 Å². The van der Waals surface area contributed by atoms with Crippen molar-refractivity contribution in [2.45, 2.75) is 83.7 Å². The van der Waals surface area contributed by atoms with Crippen LogP contribution in [0.15, 0.2) is 0 Å². The minimum Gasteiger partial charge on any atom is -0.487 e. The first-order chi connectivity index (χ1) is 12.1. The third kappa shape index (κ3) is 3.73. The van der Waals surface area contributed by atoms with Gasteiger partial charge in [-0.2, -0.15) is 0 Å². The van der Waals surface area contributed by atoms with E-state index in [0.717, 1.165) is 36.5 Å². The monoisotopic (exact) mass is 397 g/mol. The summed E-state index contributed by atoms with van der Waals surface area (Å²) in [7, 11) is -1.82. The number of anilines is 1. The number of aromatic nitrogens is 2. The molecule has 5 nitrogen and oxygen atoms in total. The molecule has 1 aliphatic carbocycles. The van der Waals surface area contributed by atoms with Gasteiger partial charge in [-0.25, -0.2) is 0 Å². The molecule has 3 rings (SSSR count). The Balaban J connectivity index is 1.89. The standard InChI is InChI=1S/C19H32ClN3O2Si/c1-13-16-18(22-21-17(13)20)23(11-12-24-16)14-9-7-8-10-15(14)25-26(5,6)19(2,3)4/h14-15H,7-12H2,1-6H3/t14-,15?/m1/s1. The largest absolute Gasteiger partial charge is 0.487 e. The summed E-state index contributed by atoms with van der Waals surface area (Å²) in [6.45, 7) is 15.0. The topological polar surface area (TPSA) is 47.5 Å². The molecule has 0 spiro atoms. The third-order valence-electron chi connectivity index (χ3n) is 6.26. The maximum absolute atomic E-state index is 6.86. The van der Waals surface area contributed by atoms with Crippen molar-refractivity contribution in [3.05, 3.63) is 10.7 Å². The molecule has 1 fully saturated rings. The van der Waals surface area contributed by atoms with E-state index in [0.29, 0.717) is 17.8 Å². The Hall–Kier alpha value is -0.853. The van der Waals surface area contributed by atoms with Crippen LogP contribution in [0, 0.1) is 6.92 Å². The zero-order valence-electron chi connectivity index (χ0n) is 16.9. The highest BCUT2D eigenvalue weighted by atomic mass is 35.5. The van der Waals surface area contributed by atoms with Crippen LogP contribution < -0.4 is 9.64 Å². The summed E-state index contributed by atoms with van der Waals surface area (Å²) in [5.41, 5.74) is 0.874. The molecular weight excluding hydrogens is 366 g/mol. The molecule has 0 bridgehead atoms. The molecule has 1 saturated carbocycles. The Morgan fingerprint density at radius 1 is 1.19 bits per heavy atom. The number of rotatable bonds is 3. The van der Waals surface area contributed by atoms with Crippen LogP contribution in [-0.2, 0) is 4.43 Å². The Labute approximate surface area is 163 Å². The number of fused-ring (bicyclic) bond motifs is 1. The van der Waals surface area contributed by atoms with Crippen molar-refractivity contribution >= 4 is 25.7 Å². The molecule has 7 heteroatoms. The van der Waals surface area contributed by atoms with E-state index < -0.39 is 8.32 Å². The predicted octanol–water partition coefficient (Wildman–Crippen LogP) is 4.97. The van der Waals surface area contributed by atoms with Gasteiger partial charge in [0.25, 0.3) is 0 Å². The van der Waals surface area contributed by atoms with Crippen LogP contribution in [-0.4, -0.2) is 43.8 Å². The maximum Gasteiger partial charge on any atom is 0.194 e. The smallest absolute Gasteiger partial charge is 0.194 e. The minimum absolute atomic E-state index is 0.210.